The number of hydrogen-bond acceptors (Lipinski definition) is 3. The van der Waals surface area contributed by atoms with Gasteiger partial charge in [-0.15, -0.1) is 0 Å². The second-order valence-corrected chi connectivity index (χ2v) is 7.68. The number of carbonyl (C=O) groups is 1. The second kappa shape index (κ2) is 6.41. The van der Waals surface area contributed by atoms with Crippen LogP contribution in [0.25, 0.3) is 0 Å². The molecule has 1 saturated carbocycles. The molecule has 0 bridgehead atoms. The fourth-order valence-corrected chi connectivity index (χ4v) is 4.83. The number of hydrogen-bond donors (Lipinski definition) is 2. The third kappa shape index (κ3) is 4.02. The van der Waals surface area contributed by atoms with E-state index in [9.17, 15) is 17.6 Å². The zero-order chi connectivity index (χ0) is 15.6. The fraction of sp³-hybridized carbons (Fsp3) is 0.462. The monoisotopic (exact) mass is 378 g/mol. The highest BCUT2D eigenvalue weighted by Crippen LogP contribution is 2.27. The molecule has 1 aromatic rings. The van der Waals surface area contributed by atoms with Gasteiger partial charge in [0, 0.05) is 16.4 Å². The van der Waals surface area contributed by atoms with Gasteiger partial charge in [0.2, 0.25) is 15.9 Å². The average molecular weight is 379 g/mol. The van der Waals surface area contributed by atoms with E-state index in [0.717, 1.165) is 12.1 Å². The Hall–Kier alpha value is -0.990. The summed E-state index contributed by atoms with van der Waals surface area (Å²) in [6.45, 7) is 0. The molecule has 1 aliphatic rings. The second-order valence-electron chi connectivity index (χ2n) is 5.15. The van der Waals surface area contributed by atoms with Crippen LogP contribution in [0.1, 0.15) is 25.7 Å². The minimum absolute atomic E-state index is 0.000856. The first-order chi connectivity index (χ1) is 9.79. The zero-order valence-electron chi connectivity index (χ0n) is 11.2. The lowest BCUT2D eigenvalue weighted by atomic mass is 9.86. The van der Waals surface area contributed by atoms with Gasteiger partial charge < -0.3 is 5.73 Å². The van der Waals surface area contributed by atoms with E-state index < -0.39 is 15.8 Å². The maximum Gasteiger partial charge on any atom is 0.241 e. The molecule has 1 aromatic carbocycles. The van der Waals surface area contributed by atoms with Crippen molar-refractivity contribution in [3.8, 4) is 0 Å². The van der Waals surface area contributed by atoms with Crippen molar-refractivity contribution in [1.29, 1.82) is 0 Å². The molecule has 1 aliphatic carbocycles. The van der Waals surface area contributed by atoms with Gasteiger partial charge in [-0.2, -0.15) is 0 Å². The average Bonchev–Trinajstić information content (AvgIpc) is 2.38. The number of halogens is 2. The van der Waals surface area contributed by atoms with Gasteiger partial charge in [0.25, 0.3) is 0 Å². The molecule has 0 unspecified atom stereocenters. The Balaban J connectivity index is 2.07. The van der Waals surface area contributed by atoms with Crippen molar-refractivity contribution in [2.75, 3.05) is 0 Å². The fourth-order valence-electron chi connectivity index (χ4n) is 2.47. The van der Waals surface area contributed by atoms with Gasteiger partial charge in [0.05, 0.1) is 4.90 Å². The van der Waals surface area contributed by atoms with E-state index in [1.165, 1.54) is 6.07 Å². The van der Waals surface area contributed by atoms with E-state index >= 15 is 0 Å². The van der Waals surface area contributed by atoms with Gasteiger partial charge in [-0.3, -0.25) is 4.79 Å². The molecule has 0 spiro atoms. The molecule has 21 heavy (non-hydrogen) atoms. The molecule has 1 amide bonds. The van der Waals surface area contributed by atoms with Crippen molar-refractivity contribution in [1.82, 2.24) is 4.72 Å². The molecule has 1 fully saturated rings. The number of primary amides is 1. The largest absolute Gasteiger partial charge is 0.369 e. The Morgan fingerprint density at radius 1 is 1.29 bits per heavy atom. The molecule has 0 aliphatic heterocycles. The van der Waals surface area contributed by atoms with Gasteiger partial charge in [0.15, 0.2) is 0 Å². The van der Waals surface area contributed by atoms with E-state index in [4.69, 9.17) is 5.73 Å². The SMILES string of the molecule is NC(=O)C1CCC(NS(=O)(=O)c2ccc(F)cc2Br)CC1. The van der Waals surface area contributed by atoms with Crippen molar-refractivity contribution in [3.63, 3.8) is 0 Å². The number of nitrogens with two attached hydrogens (primary N) is 1. The van der Waals surface area contributed by atoms with Gasteiger partial charge in [-0.1, -0.05) is 0 Å². The van der Waals surface area contributed by atoms with Crippen LogP contribution in [0.4, 0.5) is 4.39 Å². The first-order valence-electron chi connectivity index (χ1n) is 6.56. The Labute approximate surface area is 131 Å². The lowest BCUT2D eigenvalue weighted by molar-refractivity contribution is -0.122. The number of amides is 1. The van der Waals surface area contributed by atoms with Crippen LogP contribution in [0.2, 0.25) is 0 Å². The first kappa shape index (κ1) is 16.4. The van der Waals surface area contributed by atoms with Gasteiger partial charge >= 0.3 is 0 Å². The smallest absolute Gasteiger partial charge is 0.241 e. The number of carbonyl (C=O) groups excluding carboxylic acids is 1. The van der Waals surface area contributed by atoms with Crippen molar-refractivity contribution >= 4 is 31.9 Å². The number of sulfonamides is 1. The van der Waals surface area contributed by atoms with Crippen LogP contribution in [0.3, 0.4) is 0 Å². The zero-order valence-corrected chi connectivity index (χ0v) is 13.6. The summed E-state index contributed by atoms with van der Waals surface area (Å²) in [6, 6.07) is 3.20. The standard InChI is InChI=1S/C13H16BrFN2O3S/c14-11-7-9(15)3-6-12(11)21(19,20)17-10-4-1-8(2-5-10)13(16)18/h3,6-8,10,17H,1-2,4-5H2,(H2,16,18). The third-order valence-electron chi connectivity index (χ3n) is 3.63. The Morgan fingerprint density at radius 2 is 1.90 bits per heavy atom. The van der Waals surface area contributed by atoms with Crippen molar-refractivity contribution in [3.05, 3.63) is 28.5 Å². The topological polar surface area (TPSA) is 89.3 Å². The van der Waals surface area contributed by atoms with E-state index in [0.29, 0.717) is 25.7 Å². The molecule has 8 heteroatoms. The van der Waals surface area contributed by atoms with Crippen LogP contribution in [0.5, 0.6) is 0 Å². The Kier molecular flexibility index (Phi) is 5.00. The lowest BCUT2D eigenvalue weighted by Gasteiger charge is -2.27. The molecule has 2 rings (SSSR count). The quantitative estimate of drug-likeness (QED) is 0.838. The molecule has 3 N–H and O–H groups in total. The minimum atomic E-state index is -3.72. The molecule has 0 aromatic heterocycles. The Morgan fingerprint density at radius 3 is 2.43 bits per heavy atom. The Bertz CT molecular complexity index is 643. The predicted molar refractivity (Wildman–Crippen MR) is 79.4 cm³/mol. The number of benzene rings is 1. The summed E-state index contributed by atoms with van der Waals surface area (Å²) in [7, 11) is -3.72. The van der Waals surface area contributed by atoms with Crippen LogP contribution in [-0.2, 0) is 14.8 Å². The van der Waals surface area contributed by atoms with Crippen molar-refractivity contribution in [2.24, 2.45) is 11.7 Å². The van der Waals surface area contributed by atoms with Gasteiger partial charge in [-0.25, -0.2) is 17.5 Å². The number of rotatable bonds is 4. The molecular formula is C13H16BrFN2O3S. The maximum atomic E-state index is 13.0. The van der Waals surface area contributed by atoms with Crippen LogP contribution < -0.4 is 10.5 Å². The molecule has 0 heterocycles. The van der Waals surface area contributed by atoms with E-state index in [1.807, 2.05) is 0 Å². The summed E-state index contributed by atoms with van der Waals surface area (Å²) in [6.07, 6.45) is 2.28. The van der Waals surface area contributed by atoms with Gasteiger partial charge in [-0.05, 0) is 59.8 Å². The highest BCUT2D eigenvalue weighted by Gasteiger charge is 2.28. The lowest BCUT2D eigenvalue weighted by Crippen LogP contribution is -2.39. The highest BCUT2D eigenvalue weighted by molar-refractivity contribution is 9.10. The van der Waals surface area contributed by atoms with Crippen molar-refractivity contribution in [2.45, 2.75) is 36.6 Å². The molecule has 0 radical (unpaired) electrons. The summed E-state index contributed by atoms with van der Waals surface area (Å²) >= 11 is 3.06. The summed E-state index contributed by atoms with van der Waals surface area (Å²) in [5.74, 6) is -1.02. The molecule has 0 saturated heterocycles. The first-order valence-corrected chi connectivity index (χ1v) is 8.84. The van der Waals surface area contributed by atoms with Crippen LogP contribution in [0, 0.1) is 11.7 Å². The molecule has 0 atom stereocenters. The van der Waals surface area contributed by atoms with E-state index in [2.05, 4.69) is 20.7 Å². The third-order valence-corrected chi connectivity index (χ3v) is 6.13. The minimum Gasteiger partial charge on any atom is -0.369 e. The van der Waals surface area contributed by atoms with Gasteiger partial charge in [0.1, 0.15) is 5.82 Å². The highest BCUT2D eigenvalue weighted by atomic mass is 79.9. The van der Waals surface area contributed by atoms with Crippen LogP contribution in [-0.4, -0.2) is 20.4 Å². The summed E-state index contributed by atoms with van der Waals surface area (Å²) in [4.78, 5) is 11.1. The van der Waals surface area contributed by atoms with E-state index in [1.54, 1.807) is 0 Å². The molecular weight excluding hydrogens is 363 g/mol. The summed E-state index contributed by atoms with van der Waals surface area (Å²) in [5.41, 5.74) is 5.25. The maximum absolute atomic E-state index is 13.0. The van der Waals surface area contributed by atoms with Crippen LogP contribution >= 0.6 is 15.9 Å². The van der Waals surface area contributed by atoms with Crippen molar-refractivity contribution < 1.29 is 17.6 Å². The van der Waals surface area contributed by atoms with Crippen LogP contribution in [0.15, 0.2) is 27.6 Å². The molecule has 116 valence electrons. The summed E-state index contributed by atoms with van der Waals surface area (Å²) < 4.78 is 40.4. The van der Waals surface area contributed by atoms with E-state index in [-0.39, 0.29) is 27.2 Å². The summed E-state index contributed by atoms with van der Waals surface area (Å²) in [5, 5.41) is 0. The number of nitrogens with one attached hydrogen (secondary N) is 1. The normalized spacial score (nSPS) is 23.0. The predicted octanol–water partition coefficient (Wildman–Crippen LogP) is 1.91. The molecule has 5 nitrogen and oxygen atoms in total.